The Morgan fingerprint density at radius 1 is 1.35 bits per heavy atom. The standard InChI is InChI=1S/C19H24ClN3O2.ClH/c1-4-10-23-13-16(19(25)21-9-11-22(5-2)6-3)18(24)15-8-7-14(20)12-17(15)23;/h4,7-8,12-13H,1,5-6,9-11H2,2-3H3,(H,21,25);1H. The third-order valence-corrected chi connectivity index (χ3v) is 4.46. The van der Waals surface area contributed by atoms with Gasteiger partial charge in [0.15, 0.2) is 0 Å². The van der Waals surface area contributed by atoms with E-state index < -0.39 is 0 Å². The molecule has 0 atom stereocenters. The number of nitrogens with one attached hydrogen (secondary N) is 1. The SMILES string of the molecule is C=CCn1cc(C(=O)NCCN(CC)CC)c(=O)c2ccc(Cl)cc21.Cl. The number of aromatic nitrogens is 1. The van der Waals surface area contributed by atoms with Gasteiger partial charge in [0, 0.05) is 36.2 Å². The molecule has 0 spiro atoms. The molecule has 7 heteroatoms. The predicted molar refractivity (Wildman–Crippen MR) is 111 cm³/mol. The molecule has 1 aromatic carbocycles. The minimum atomic E-state index is -0.355. The van der Waals surface area contributed by atoms with Crippen molar-refractivity contribution in [2.45, 2.75) is 20.4 Å². The molecule has 0 bridgehead atoms. The van der Waals surface area contributed by atoms with Crippen LogP contribution in [0, 0.1) is 0 Å². The number of rotatable bonds is 8. The molecular formula is C19H25Cl2N3O2. The van der Waals surface area contributed by atoms with Crippen LogP contribution in [0.1, 0.15) is 24.2 Å². The third-order valence-electron chi connectivity index (χ3n) is 4.22. The summed E-state index contributed by atoms with van der Waals surface area (Å²) in [5, 5.41) is 3.86. The molecule has 0 unspecified atom stereocenters. The van der Waals surface area contributed by atoms with E-state index in [1.54, 1.807) is 30.5 Å². The Morgan fingerprint density at radius 3 is 2.65 bits per heavy atom. The van der Waals surface area contributed by atoms with Crippen LogP contribution in [-0.4, -0.2) is 41.6 Å². The van der Waals surface area contributed by atoms with Crippen molar-refractivity contribution in [1.82, 2.24) is 14.8 Å². The number of amides is 1. The van der Waals surface area contributed by atoms with Crippen molar-refractivity contribution >= 4 is 40.8 Å². The number of fused-ring (bicyclic) bond motifs is 1. The topological polar surface area (TPSA) is 54.3 Å². The van der Waals surface area contributed by atoms with Gasteiger partial charge in [-0.2, -0.15) is 0 Å². The molecule has 0 radical (unpaired) electrons. The Kier molecular flexibility index (Phi) is 8.85. The average Bonchev–Trinajstić information content (AvgIpc) is 2.61. The maximum atomic E-state index is 12.7. The molecule has 142 valence electrons. The first kappa shape index (κ1) is 22.2. The second-order valence-electron chi connectivity index (χ2n) is 5.76. The van der Waals surface area contributed by atoms with Gasteiger partial charge in [-0.15, -0.1) is 19.0 Å². The second-order valence-corrected chi connectivity index (χ2v) is 6.19. The number of halogens is 2. The third kappa shape index (κ3) is 5.10. The average molecular weight is 398 g/mol. The van der Waals surface area contributed by atoms with E-state index in [-0.39, 0.29) is 29.3 Å². The van der Waals surface area contributed by atoms with Crippen LogP contribution in [0.3, 0.4) is 0 Å². The fourth-order valence-corrected chi connectivity index (χ4v) is 2.94. The highest BCUT2D eigenvalue weighted by molar-refractivity contribution is 6.31. The molecule has 2 rings (SSSR count). The van der Waals surface area contributed by atoms with Crippen molar-refractivity contribution in [2.75, 3.05) is 26.2 Å². The summed E-state index contributed by atoms with van der Waals surface area (Å²) in [5.41, 5.74) is 0.542. The lowest BCUT2D eigenvalue weighted by atomic mass is 10.1. The van der Waals surface area contributed by atoms with E-state index >= 15 is 0 Å². The van der Waals surface area contributed by atoms with Gasteiger partial charge in [0.05, 0.1) is 5.52 Å². The summed E-state index contributed by atoms with van der Waals surface area (Å²) in [6.45, 7) is 11.5. The zero-order valence-corrected chi connectivity index (χ0v) is 16.7. The fraction of sp³-hybridized carbons (Fsp3) is 0.368. The highest BCUT2D eigenvalue weighted by Gasteiger charge is 2.15. The van der Waals surface area contributed by atoms with E-state index in [2.05, 4.69) is 30.6 Å². The first-order chi connectivity index (χ1) is 12.0. The summed E-state index contributed by atoms with van der Waals surface area (Å²) in [4.78, 5) is 27.4. The number of hydrogen-bond acceptors (Lipinski definition) is 3. The van der Waals surface area contributed by atoms with Gasteiger partial charge >= 0.3 is 0 Å². The normalized spacial score (nSPS) is 10.6. The van der Waals surface area contributed by atoms with Gasteiger partial charge in [-0.3, -0.25) is 9.59 Å². The first-order valence-electron chi connectivity index (χ1n) is 8.45. The molecule has 0 aliphatic carbocycles. The van der Waals surface area contributed by atoms with E-state index in [0.717, 1.165) is 19.6 Å². The Labute approximate surface area is 165 Å². The molecule has 1 N–H and O–H groups in total. The summed E-state index contributed by atoms with van der Waals surface area (Å²) < 4.78 is 1.81. The van der Waals surface area contributed by atoms with E-state index in [1.807, 2.05) is 4.57 Å². The quantitative estimate of drug-likeness (QED) is 0.694. The van der Waals surface area contributed by atoms with Gasteiger partial charge in [0.2, 0.25) is 5.43 Å². The number of nitrogens with zero attached hydrogens (tertiary/aromatic N) is 2. The number of hydrogen-bond donors (Lipinski definition) is 1. The van der Waals surface area contributed by atoms with Gasteiger partial charge in [-0.05, 0) is 31.3 Å². The van der Waals surface area contributed by atoms with Crippen LogP contribution in [0.4, 0.5) is 0 Å². The predicted octanol–water partition coefficient (Wildman–Crippen LogP) is 3.33. The van der Waals surface area contributed by atoms with E-state index in [0.29, 0.717) is 29.0 Å². The largest absolute Gasteiger partial charge is 0.351 e. The molecule has 1 amide bonds. The second kappa shape index (κ2) is 10.4. The molecule has 0 aliphatic heterocycles. The summed E-state index contributed by atoms with van der Waals surface area (Å²) in [7, 11) is 0. The zero-order chi connectivity index (χ0) is 18.4. The smallest absolute Gasteiger partial charge is 0.256 e. The van der Waals surface area contributed by atoms with Crippen LogP contribution in [0.25, 0.3) is 10.9 Å². The Bertz CT molecular complexity index is 829. The van der Waals surface area contributed by atoms with Gasteiger partial charge in [-0.25, -0.2) is 0 Å². The highest BCUT2D eigenvalue weighted by Crippen LogP contribution is 2.18. The summed E-state index contributed by atoms with van der Waals surface area (Å²) in [5.74, 6) is -0.355. The fourth-order valence-electron chi connectivity index (χ4n) is 2.78. The lowest BCUT2D eigenvalue weighted by molar-refractivity contribution is 0.0947. The van der Waals surface area contributed by atoms with Crippen LogP contribution in [0.5, 0.6) is 0 Å². The maximum Gasteiger partial charge on any atom is 0.256 e. The Balaban J connectivity index is 0.00000338. The van der Waals surface area contributed by atoms with Gasteiger partial charge in [-0.1, -0.05) is 31.5 Å². The van der Waals surface area contributed by atoms with Crippen molar-refractivity contribution in [3.63, 3.8) is 0 Å². The summed E-state index contributed by atoms with van der Waals surface area (Å²) >= 11 is 6.05. The number of benzene rings is 1. The van der Waals surface area contributed by atoms with Crippen molar-refractivity contribution in [3.05, 3.63) is 57.9 Å². The molecular weight excluding hydrogens is 373 g/mol. The summed E-state index contributed by atoms with van der Waals surface area (Å²) in [6, 6.07) is 5.04. The lowest BCUT2D eigenvalue weighted by Gasteiger charge is -2.18. The monoisotopic (exact) mass is 397 g/mol. The van der Waals surface area contributed by atoms with E-state index in [9.17, 15) is 9.59 Å². The minimum absolute atomic E-state index is 0. The van der Waals surface area contributed by atoms with Crippen molar-refractivity contribution in [2.24, 2.45) is 0 Å². The van der Waals surface area contributed by atoms with Crippen molar-refractivity contribution in [1.29, 1.82) is 0 Å². The molecule has 0 saturated heterocycles. The number of allylic oxidation sites excluding steroid dienone is 1. The number of pyridine rings is 1. The first-order valence-corrected chi connectivity index (χ1v) is 8.83. The molecule has 0 fully saturated rings. The van der Waals surface area contributed by atoms with Crippen molar-refractivity contribution in [3.8, 4) is 0 Å². The van der Waals surface area contributed by atoms with E-state index in [1.165, 1.54) is 0 Å². The molecule has 1 aromatic heterocycles. The Hall–Kier alpha value is -1.82. The number of likely N-dealkylation sites (N-methyl/N-ethyl adjacent to an activating group) is 1. The number of carbonyl (C=O) groups is 1. The van der Waals surface area contributed by atoms with Crippen LogP contribution in [0.2, 0.25) is 5.02 Å². The molecule has 2 aromatic rings. The van der Waals surface area contributed by atoms with E-state index in [4.69, 9.17) is 11.6 Å². The van der Waals surface area contributed by atoms with Gasteiger partial charge < -0.3 is 14.8 Å². The molecule has 26 heavy (non-hydrogen) atoms. The number of carbonyl (C=O) groups excluding carboxylic acids is 1. The minimum Gasteiger partial charge on any atom is -0.351 e. The van der Waals surface area contributed by atoms with Gasteiger partial charge in [0.25, 0.3) is 5.91 Å². The van der Waals surface area contributed by atoms with Crippen LogP contribution < -0.4 is 10.7 Å². The van der Waals surface area contributed by atoms with Crippen molar-refractivity contribution < 1.29 is 4.79 Å². The van der Waals surface area contributed by atoms with Crippen LogP contribution in [-0.2, 0) is 6.54 Å². The molecule has 0 saturated carbocycles. The zero-order valence-electron chi connectivity index (χ0n) is 15.1. The van der Waals surface area contributed by atoms with Gasteiger partial charge in [0.1, 0.15) is 5.56 Å². The Morgan fingerprint density at radius 2 is 2.04 bits per heavy atom. The maximum absolute atomic E-state index is 12.7. The summed E-state index contributed by atoms with van der Waals surface area (Å²) in [6.07, 6.45) is 3.29. The van der Waals surface area contributed by atoms with Crippen LogP contribution in [0.15, 0.2) is 41.8 Å². The lowest BCUT2D eigenvalue weighted by Crippen LogP contribution is -2.36. The van der Waals surface area contributed by atoms with Crippen LogP contribution >= 0.6 is 24.0 Å². The highest BCUT2D eigenvalue weighted by atomic mass is 35.5. The molecule has 5 nitrogen and oxygen atoms in total. The molecule has 1 heterocycles. The molecule has 0 aliphatic rings.